The van der Waals surface area contributed by atoms with Crippen molar-refractivity contribution >= 4 is 11.6 Å². The van der Waals surface area contributed by atoms with E-state index in [1.807, 2.05) is 18.2 Å². The van der Waals surface area contributed by atoms with Gasteiger partial charge < -0.3 is 16.0 Å². The van der Waals surface area contributed by atoms with Crippen molar-refractivity contribution in [3.63, 3.8) is 0 Å². The minimum absolute atomic E-state index is 0.203. The number of anilines is 1. The molecule has 0 radical (unpaired) electrons. The van der Waals surface area contributed by atoms with Crippen LogP contribution in [0.5, 0.6) is 0 Å². The summed E-state index contributed by atoms with van der Waals surface area (Å²) in [7, 11) is 0. The second-order valence-corrected chi connectivity index (χ2v) is 5.54. The molecule has 4 nitrogen and oxygen atoms in total. The molecule has 1 amide bonds. The maximum Gasteiger partial charge on any atom is 0.220 e. The highest BCUT2D eigenvalue weighted by atomic mass is 16.1. The number of amides is 1. The van der Waals surface area contributed by atoms with Crippen molar-refractivity contribution in [3.05, 3.63) is 30.3 Å². The summed E-state index contributed by atoms with van der Waals surface area (Å²) in [6.45, 7) is 4.17. The molecule has 0 aliphatic carbocycles. The zero-order valence-electron chi connectivity index (χ0n) is 12.2. The van der Waals surface area contributed by atoms with E-state index in [1.165, 1.54) is 5.69 Å². The molecule has 1 fully saturated rings. The van der Waals surface area contributed by atoms with Crippen molar-refractivity contribution in [2.24, 2.45) is 0 Å². The molecule has 1 saturated heterocycles. The predicted octanol–water partition coefficient (Wildman–Crippen LogP) is 2.14. The smallest absolute Gasteiger partial charge is 0.220 e. The highest BCUT2D eigenvalue weighted by Gasteiger charge is 2.21. The van der Waals surface area contributed by atoms with Crippen molar-refractivity contribution in [1.82, 2.24) is 10.6 Å². The topological polar surface area (TPSA) is 53.2 Å². The van der Waals surface area contributed by atoms with Gasteiger partial charge in [0.05, 0.1) is 0 Å². The number of benzene rings is 1. The number of carbonyl (C=O) groups is 1. The molecule has 3 N–H and O–H groups in total. The molecule has 1 heterocycles. The fourth-order valence-corrected chi connectivity index (χ4v) is 2.59. The van der Waals surface area contributed by atoms with E-state index in [0.717, 1.165) is 32.4 Å². The zero-order valence-corrected chi connectivity index (χ0v) is 12.2. The quantitative estimate of drug-likeness (QED) is 0.637. The molecule has 1 aromatic carbocycles. The van der Waals surface area contributed by atoms with Crippen molar-refractivity contribution < 1.29 is 4.79 Å². The Bertz CT molecular complexity index is 407. The standard InChI is InChI=1S/C16H25N3O/c1-13(12-15-8-9-16(20)19-15)17-10-5-11-18-14-6-3-2-4-7-14/h2-4,6-7,13,15,17-18H,5,8-12H2,1H3,(H,19,20)/t13-,15+/m1/s1. The van der Waals surface area contributed by atoms with E-state index >= 15 is 0 Å². The molecule has 1 aliphatic heterocycles. The van der Waals surface area contributed by atoms with Crippen LogP contribution in [0.25, 0.3) is 0 Å². The molecular weight excluding hydrogens is 250 g/mol. The Morgan fingerprint density at radius 3 is 2.80 bits per heavy atom. The largest absolute Gasteiger partial charge is 0.385 e. The van der Waals surface area contributed by atoms with Gasteiger partial charge in [0.1, 0.15) is 0 Å². The van der Waals surface area contributed by atoms with Gasteiger partial charge in [0.15, 0.2) is 0 Å². The van der Waals surface area contributed by atoms with Gasteiger partial charge in [0.25, 0.3) is 0 Å². The van der Waals surface area contributed by atoms with Crippen molar-refractivity contribution in [3.8, 4) is 0 Å². The molecule has 1 aromatic rings. The fourth-order valence-electron chi connectivity index (χ4n) is 2.59. The second-order valence-electron chi connectivity index (χ2n) is 5.54. The summed E-state index contributed by atoms with van der Waals surface area (Å²) in [6, 6.07) is 11.1. The number of para-hydroxylation sites is 1. The predicted molar refractivity (Wildman–Crippen MR) is 82.8 cm³/mol. The lowest BCUT2D eigenvalue weighted by atomic mass is 10.1. The molecule has 20 heavy (non-hydrogen) atoms. The molecule has 0 aromatic heterocycles. The molecule has 2 atom stereocenters. The van der Waals surface area contributed by atoms with Crippen LogP contribution in [0.4, 0.5) is 5.69 Å². The van der Waals surface area contributed by atoms with Crippen LogP contribution < -0.4 is 16.0 Å². The van der Waals surface area contributed by atoms with Gasteiger partial charge in [-0.25, -0.2) is 0 Å². The Morgan fingerprint density at radius 2 is 2.10 bits per heavy atom. The highest BCUT2D eigenvalue weighted by molar-refractivity contribution is 5.78. The molecule has 4 heteroatoms. The van der Waals surface area contributed by atoms with Crippen molar-refractivity contribution in [2.75, 3.05) is 18.4 Å². The van der Waals surface area contributed by atoms with Gasteiger partial charge >= 0.3 is 0 Å². The number of rotatable bonds is 8. The third-order valence-electron chi connectivity index (χ3n) is 3.67. The van der Waals surface area contributed by atoms with Crippen LogP contribution in [0.2, 0.25) is 0 Å². The Hall–Kier alpha value is -1.55. The van der Waals surface area contributed by atoms with E-state index < -0.39 is 0 Å². The van der Waals surface area contributed by atoms with Gasteiger partial charge in [-0.3, -0.25) is 4.79 Å². The average molecular weight is 275 g/mol. The van der Waals surface area contributed by atoms with E-state index in [9.17, 15) is 4.79 Å². The van der Waals surface area contributed by atoms with E-state index in [-0.39, 0.29) is 5.91 Å². The van der Waals surface area contributed by atoms with E-state index in [1.54, 1.807) is 0 Å². The lowest BCUT2D eigenvalue weighted by Crippen LogP contribution is -2.35. The van der Waals surface area contributed by atoms with Crippen LogP contribution in [0.3, 0.4) is 0 Å². The Balaban J connectivity index is 1.51. The summed E-state index contributed by atoms with van der Waals surface area (Å²) >= 11 is 0. The number of nitrogens with one attached hydrogen (secondary N) is 3. The normalized spacial score (nSPS) is 19.6. The Kier molecular flexibility index (Phi) is 5.87. The highest BCUT2D eigenvalue weighted by Crippen LogP contribution is 2.11. The van der Waals surface area contributed by atoms with Crippen LogP contribution >= 0.6 is 0 Å². The molecule has 1 aliphatic rings. The first-order valence-corrected chi connectivity index (χ1v) is 7.55. The minimum atomic E-state index is 0.203. The van der Waals surface area contributed by atoms with Crippen molar-refractivity contribution in [1.29, 1.82) is 0 Å². The van der Waals surface area contributed by atoms with Crippen LogP contribution in [0.15, 0.2) is 30.3 Å². The first-order chi connectivity index (χ1) is 9.74. The summed E-state index contributed by atoms with van der Waals surface area (Å²) in [5, 5.41) is 9.94. The van der Waals surface area contributed by atoms with Gasteiger partial charge in [-0.1, -0.05) is 18.2 Å². The summed E-state index contributed by atoms with van der Waals surface area (Å²) < 4.78 is 0. The van der Waals surface area contributed by atoms with E-state index in [4.69, 9.17) is 0 Å². The lowest BCUT2D eigenvalue weighted by Gasteiger charge is -2.18. The molecule has 2 rings (SSSR count). The molecule has 0 unspecified atom stereocenters. The number of hydrogen-bond acceptors (Lipinski definition) is 3. The van der Waals surface area contributed by atoms with E-state index in [2.05, 4.69) is 35.0 Å². The number of hydrogen-bond donors (Lipinski definition) is 3. The van der Waals surface area contributed by atoms with Crippen LogP contribution in [0.1, 0.15) is 32.6 Å². The van der Waals surface area contributed by atoms with Crippen molar-refractivity contribution in [2.45, 2.75) is 44.7 Å². The molecule has 0 saturated carbocycles. The first kappa shape index (κ1) is 14.9. The molecule has 110 valence electrons. The van der Waals surface area contributed by atoms with Gasteiger partial charge in [0.2, 0.25) is 5.91 Å². The molecule has 0 bridgehead atoms. The maximum absolute atomic E-state index is 11.1. The van der Waals surface area contributed by atoms with Gasteiger partial charge in [-0.2, -0.15) is 0 Å². The fraction of sp³-hybridized carbons (Fsp3) is 0.562. The lowest BCUT2D eigenvalue weighted by molar-refractivity contribution is -0.119. The van der Waals surface area contributed by atoms with Gasteiger partial charge in [-0.15, -0.1) is 0 Å². The Morgan fingerprint density at radius 1 is 1.30 bits per heavy atom. The second kappa shape index (κ2) is 7.90. The molecular formula is C16H25N3O. The first-order valence-electron chi connectivity index (χ1n) is 7.55. The summed E-state index contributed by atoms with van der Waals surface area (Å²) in [5.41, 5.74) is 1.18. The van der Waals surface area contributed by atoms with Gasteiger partial charge in [-0.05, 0) is 44.9 Å². The summed E-state index contributed by atoms with van der Waals surface area (Å²) in [5.74, 6) is 0.203. The monoisotopic (exact) mass is 275 g/mol. The molecule has 0 spiro atoms. The minimum Gasteiger partial charge on any atom is -0.385 e. The SMILES string of the molecule is C[C@H](C[C@@H]1CCC(=O)N1)NCCCNc1ccccc1. The Labute approximate surface area is 121 Å². The van der Waals surface area contributed by atoms with Crippen LogP contribution in [0, 0.1) is 0 Å². The number of carbonyl (C=O) groups excluding carboxylic acids is 1. The van der Waals surface area contributed by atoms with Crippen LogP contribution in [-0.2, 0) is 4.79 Å². The third-order valence-corrected chi connectivity index (χ3v) is 3.67. The maximum atomic E-state index is 11.1. The summed E-state index contributed by atoms with van der Waals surface area (Å²) in [4.78, 5) is 11.1. The zero-order chi connectivity index (χ0) is 14.2. The van der Waals surface area contributed by atoms with Gasteiger partial charge in [0, 0.05) is 30.7 Å². The van der Waals surface area contributed by atoms with E-state index in [0.29, 0.717) is 18.5 Å². The third kappa shape index (κ3) is 5.21. The summed E-state index contributed by atoms with van der Waals surface area (Å²) in [6.07, 6.45) is 3.80. The average Bonchev–Trinajstić information content (AvgIpc) is 2.85. The van der Waals surface area contributed by atoms with Crippen LogP contribution in [-0.4, -0.2) is 31.1 Å².